The van der Waals surface area contributed by atoms with Crippen molar-refractivity contribution in [3.63, 3.8) is 0 Å². The van der Waals surface area contributed by atoms with Crippen LogP contribution in [0.3, 0.4) is 0 Å². The number of nitrogens with zero attached hydrogens (tertiary/aromatic N) is 1. The standard InChI is InChI=1S/C17H17FN2O3S2/c18-12-3-1-11(2-4-12)7-15-19-13(9-25-15)8-14(21)20-17(16(22)23)5-6-24-10-17/h1-4,9H,5-8,10H2,(H,20,21)(H,22,23). The summed E-state index contributed by atoms with van der Waals surface area (Å²) in [5, 5.41) is 14.7. The molecule has 1 saturated heterocycles. The highest BCUT2D eigenvalue weighted by atomic mass is 32.2. The summed E-state index contributed by atoms with van der Waals surface area (Å²) in [6, 6.07) is 6.22. The van der Waals surface area contributed by atoms with E-state index in [1.54, 1.807) is 17.5 Å². The van der Waals surface area contributed by atoms with E-state index in [1.165, 1.54) is 35.2 Å². The van der Waals surface area contributed by atoms with Crippen LogP contribution in [0.25, 0.3) is 0 Å². The SMILES string of the molecule is O=C(Cc1csc(Cc2ccc(F)cc2)n1)NC1(C(=O)O)CCSC1. The number of hydrogen-bond donors (Lipinski definition) is 2. The van der Waals surface area contributed by atoms with Gasteiger partial charge in [0.25, 0.3) is 0 Å². The van der Waals surface area contributed by atoms with Crippen LogP contribution in [0.1, 0.15) is 22.7 Å². The van der Waals surface area contributed by atoms with Crippen LogP contribution in [0.4, 0.5) is 4.39 Å². The Morgan fingerprint density at radius 3 is 2.72 bits per heavy atom. The lowest BCUT2D eigenvalue weighted by molar-refractivity contribution is -0.146. The van der Waals surface area contributed by atoms with Crippen molar-refractivity contribution >= 4 is 35.0 Å². The molecular weight excluding hydrogens is 363 g/mol. The maximum Gasteiger partial charge on any atom is 0.330 e. The van der Waals surface area contributed by atoms with Crippen molar-refractivity contribution in [1.29, 1.82) is 0 Å². The van der Waals surface area contributed by atoms with Crippen molar-refractivity contribution in [3.8, 4) is 0 Å². The van der Waals surface area contributed by atoms with Gasteiger partial charge in [-0.3, -0.25) is 4.79 Å². The lowest BCUT2D eigenvalue weighted by Gasteiger charge is -2.24. The Hall–Kier alpha value is -1.93. The molecule has 25 heavy (non-hydrogen) atoms. The van der Waals surface area contributed by atoms with Crippen LogP contribution in [0, 0.1) is 5.82 Å². The molecule has 0 aliphatic carbocycles. The van der Waals surface area contributed by atoms with Gasteiger partial charge in [0.2, 0.25) is 5.91 Å². The second-order valence-electron chi connectivity index (χ2n) is 5.95. The second kappa shape index (κ2) is 7.53. The predicted octanol–water partition coefficient (Wildman–Crippen LogP) is 2.49. The summed E-state index contributed by atoms with van der Waals surface area (Å²) in [6.45, 7) is 0. The number of thiazole rings is 1. The first-order chi connectivity index (χ1) is 12.0. The van der Waals surface area contributed by atoms with Gasteiger partial charge in [-0.05, 0) is 29.9 Å². The van der Waals surface area contributed by atoms with E-state index in [0.29, 0.717) is 24.3 Å². The molecule has 1 aromatic heterocycles. The molecule has 2 aromatic rings. The number of benzene rings is 1. The van der Waals surface area contributed by atoms with E-state index in [4.69, 9.17) is 0 Å². The van der Waals surface area contributed by atoms with E-state index in [9.17, 15) is 19.1 Å². The van der Waals surface area contributed by atoms with Crippen LogP contribution in [0.5, 0.6) is 0 Å². The van der Waals surface area contributed by atoms with Crippen LogP contribution < -0.4 is 5.32 Å². The Bertz CT molecular complexity index is 770. The van der Waals surface area contributed by atoms with Crippen molar-refractivity contribution in [3.05, 3.63) is 51.7 Å². The number of hydrogen-bond acceptors (Lipinski definition) is 5. The minimum Gasteiger partial charge on any atom is -0.479 e. The number of thioether (sulfide) groups is 1. The molecule has 0 saturated carbocycles. The number of nitrogens with one attached hydrogen (secondary N) is 1. The van der Waals surface area contributed by atoms with Gasteiger partial charge in [0, 0.05) is 17.6 Å². The van der Waals surface area contributed by atoms with Crippen LogP contribution in [-0.2, 0) is 22.4 Å². The lowest BCUT2D eigenvalue weighted by Crippen LogP contribution is -2.55. The van der Waals surface area contributed by atoms with E-state index in [-0.39, 0.29) is 18.1 Å². The first kappa shape index (κ1) is 17.9. The van der Waals surface area contributed by atoms with Crippen molar-refractivity contribution < 1.29 is 19.1 Å². The fourth-order valence-corrected chi connectivity index (χ4v) is 4.80. The molecule has 132 valence electrons. The molecule has 0 radical (unpaired) electrons. The monoisotopic (exact) mass is 380 g/mol. The van der Waals surface area contributed by atoms with E-state index < -0.39 is 11.5 Å². The molecule has 2 N–H and O–H groups in total. The molecule has 0 bridgehead atoms. The number of carboxylic acids is 1. The minimum atomic E-state index is -1.16. The number of amides is 1. The number of carbonyl (C=O) groups excluding carboxylic acids is 1. The molecule has 1 amide bonds. The maximum absolute atomic E-state index is 12.9. The van der Waals surface area contributed by atoms with Crippen LogP contribution in [0.2, 0.25) is 0 Å². The average molecular weight is 380 g/mol. The van der Waals surface area contributed by atoms with Gasteiger partial charge < -0.3 is 10.4 Å². The van der Waals surface area contributed by atoms with Crippen molar-refractivity contribution in [2.45, 2.75) is 24.8 Å². The zero-order valence-electron chi connectivity index (χ0n) is 13.3. The van der Waals surface area contributed by atoms with Gasteiger partial charge in [-0.15, -0.1) is 11.3 Å². The number of carboxylic acid groups (broad SMARTS) is 1. The van der Waals surface area contributed by atoms with E-state index in [1.807, 2.05) is 0 Å². The Labute approximate surface area is 152 Å². The average Bonchev–Trinajstić information content (AvgIpc) is 3.20. The zero-order valence-corrected chi connectivity index (χ0v) is 15.0. The molecular formula is C17H17FN2O3S2. The largest absolute Gasteiger partial charge is 0.479 e. The number of carbonyl (C=O) groups is 2. The van der Waals surface area contributed by atoms with Gasteiger partial charge in [0.1, 0.15) is 11.4 Å². The van der Waals surface area contributed by atoms with Gasteiger partial charge in [-0.1, -0.05) is 12.1 Å². The van der Waals surface area contributed by atoms with E-state index in [0.717, 1.165) is 16.3 Å². The van der Waals surface area contributed by atoms with Gasteiger partial charge in [-0.2, -0.15) is 11.8 Å². The molecule has 8 heteroatoms. The summed E-state index contributed by atoms with van der Waals surface area (Å²) >= 11 is 2.96. The van der Waals surface area contributed by atoms with Gasteiger partial charge in [0.05, 0.1) is 17.1 Å². The third-order valence-corrected chi connectivity index (χ3v) is 6.11. The molecule has 1 atom stereocenters. The maximum atomic E-state index is 12.9. The Balaban J connectivity index is 1.60. The molecule has 1 aliphatic heterocycles. The number of rotatable bonds is 6. The lowest BCUT2D eigenvalue weighted by atomic mass is 9.99. The molecule has 1 aromatic carbocycles. The smallest absolute Gasteiger partial charge is 0.330 e. The summed E-state index contributed by atoms with van der Waals surface area (Å²) < 4.78 is 12.9. The molecule has 5 nitrogen and oxygen atoms in total. The molecule has 1 unspecified atom stereocenters. The highest BCUT2D eigenvalue weighted by molar-refractivity contribution is 7.99. The molecule has 3 rings (SSSR count). The summed E-state index contributed by atoms with van der Waals surface area (Å²) in [4.78, 5) is 28.1. The van der Waals surface area contributed by atoms with Gasteiger partial charge in [0.15, 0.2) is 0 Å². The first-order valence-corrected chi connectivity index (χ1v) is 9.80. The van der Waals surface area contributed by atoms with Crippen molar-refractivity contribution in [2.24, 2.45) is 0 Å². The molecule has 0 spiro atoms. The minimum absolute atomic E-state index is 0.0552. The van der Waals surface area contributed by atoms with Crippen LogP contribution in [-0.4, -0.2) is 39.0 Å². The Morgan fingerprint density at radius 1 is 1.32 bits per heavy atom. The van der Waals surface area contributed by atoms with Gasteiger partial charge >= 0.3 is 5.97 Å². The Morgan fingerprint density at radius 2 is 2.08 bits per heavy atom. The first-order valence-electron chi connectivity index (χ1n) is 7.77. The second-order valence-corrected chi connectivity index (χ2v) is 8.00. The third-order valence-electron chi connectivity index (χ3n) is 4.02. The third kappa shape index (κ3) is 4.38. The highest BCUT2D eigenvalue weighted by Crippen LogP contribution is 2.28. The molecule has 2 heterocycles. The summed E-state index contributed by atoms with van der Waals surface area (Å²) in [5.74, 6) is -0.478. The van der Waals surface area contributed by atoms with Crippen LogP contribution in [0.15, 0.2) is 29.6 Å². The van der Waals surface area contributed by atoms with Crippen LogP contribution >= 0.6 is 23.1 Å². The molecule has 1 aliphatic rings. The topological polar surface area (TPSA) is 79.3 Å². The number of aromatic nitrogens is 1. The number of halogens is 1. The molecule has 1 fully saturated rings. The fourth-order valence-electron chi connectivity index (χ4n) is 2.65. The summed E-state index contributed by atoms with van der Waals surface area (Å²) in [6.07, 6.45) is 1.06. The predicted molar refractivity (Wildman–Crippen MR) is 95.5 cm³/mol. The zero-order chi connectivity index (χ0) is 17.9. The van der Waals surface area contributed by atoms with E-state index >= 15 is 0 Å². The number of aliphatic carboxylic acids is 1. The summed E-state index contributed by atoms with van der Waals surface area (Å²) in [7, 11) is 0. The summed E-state index contributed by atoms with van der Waals surface area (Å²) in [5.41, 5.74) is 0.402. The quantitative estimate of drug-likeness (QED) is 0.805. The van der Waals surface area contributed by atoms with Gasteiger partial charge in [-0.25, -0.2) is 14.2 Å². The Kier molecular flexibility index (Phi) is 5.39. The highest BCUT2D eigenvalue weighted by Gasteiger charge is 2.43. The normalized spacial score (nSPS) is 19.7. The van der Waals surface area contributed by atoms with E-state index in [2.05, 4.69) is 10.3 Å². The van der Waals surface area contributed by atoms with Crippen molar-refractivity contribution in [2.75, 3.05) is 11.5 Å². The fraction of sp³-hybridized carbons (Fsp3) is 0.353. The van der Waals surface area contributed by atoms with Crippen molar-refractivity contribution in [1.82, 2.24) is 10.3 Å².